The number of β-amino-alcohol motifs (C(OH)–C–C–N with tert-alkyl or cyclic N) is 1. The van der Waals surface area contributed by atoms with Gasteiger partial charge in [0.15, 0.2) is 11.6 Å². The summed E-state index contributed by atoms with van der Waals surface area (Å²) in [5.74, 6) is -4.43. The highest BCUT2D eigenvalue weighted by atomic mass is 32.1. The van der Waals surface area contributed by atoms with Crippen molar-refractivity contribution in [1.29, 1.82) is 0 Å². The molecule has 458 valence electrons. The van der Waals surface area contributed by atoms with E-state index >= 15 is 4.39 Å². The average Bonchev–Trinajstić information content (AvgIpc) is 1.97. The Morgan fingerprint density at radius 3 is 2.07 bits per heavy atom. The van der Waals surface area contributed by atoms with Gasteiger partial charge in [-0.2, -0.15) is 13.2 Å². The number of benzene rings is 3. The number of nitrogens with zero attached hydrogens (tertiary/aromatic N) is 8. The standard InChI is InChI=1S/C61H74F5N9O9S/c1-37-31-74(32-38(2)71(37)7)52-28-50(63)47(27-51(52)70-57(80)46-14-13-43(62)24-48(46)61(64,65)66)42-29-67-59(68-30-42)73-18-16-72(17-19-73)55(79)35-84-23-21-82-20-22-83-34-45(77)25-49(60(4,5)6)58(81)75-33-44(76)26-53(75)54(78)15-10-40-8-11-41(12-9-40)56-39(3)69-36-85-56/h8-9,11-14,24,27-30,36-38,44,49,53,76H,10,15-23,25-26,31-35H2,1-7H3,(H,70,80)/t37-,38+,44-,49-,53+/m1/s1. The maximum atomic E-state index is 16.2. The molecule has 0 bridgehead atoms. The number of likely N-dealkylation sites (N-methyl/N-ethyl adjacent to an activating group) is 1. The fourth-order valence-corrected chi connectivity index (χ4v) is 11.7. The van der Waals surface area contributed by atoms with E-state index in [-0.39, 0.29) is 129 Å². The lowest BCUT2D eigenvalue weighted by Crippen LogP contribution is -2.55. The van der Waals surface area contributed by atoms with Crippen LogP contribution in [0.1, 0.15) is 81.1 Å². The highest BCUT2D eigenvalue weighted by Crippen LogP contribution is 2.39. The van der Waals surface area contributed by atoms with Crippen molar-refractivity contribution in [2.75, 3.05) is 108 Å². The zero-order valence-electron chi connectivity index (χ0n) is 48.9. The predicted molar refractivity (Wildman–Crippen MR) is 311 cm³/mol. The van der Waals surface area contributed by atoms with E-state index in [1.807, 2.05) is 88.2 Å². The predicted octanol–water partition coefficient (Wildman–Crippen LogP) is 8.14. The number of aliphatic hydroxyl groups excluding tert-OH is 1. The van der Waals surface area contributed by atoms with Crippen molar-refractivity contribution >= 4 is 57.9 Å². The van der Waals surface area contributed by atoms with Crippen LogP contribution < -0.4 is 15.1 Å². The van der Waals surface area contributed by atoms with Gasteiger partial charge in [-0.25, -0.2) is 23.7 Å². The molecule has 85 heavy (non-hydrogen) atoms. The number of ketones is 2. The number of carbonyl (C=O) groups excluding carboxylic acids is 5. The van der Waals surface area contributed by atoms with Gasteiger partial charge in [-0.1, -0.05) is 45.0 Å². The fraction of sp³-hybridized carbons (Fsp3) is 0.508. The number of aryl methyl sites for hydroxylation is 2. The Balaban J connectivity index is 0.745. The number of Topliss-reactive ketones (excluding diaryl/α,β-unsaturated/α-hetero) is 2. The van der Waals surface area contributed by atoms with Gasteiger partial charge in [0.1, 0.15) is 24.8 Å². The van der Waals surface area contributed by atoms with E-state index in [1.165, 1.54) is 29.4 Å². The molecule has 2 N–H and O–H groups in total. The van der Waals surface area contributed by atoms with E-state index in [4.69, 9.17) is 14.2 Å². The zero-order valence-corrected chi connectivity index (χ0v) is 49.7. The van der Waals surface area contributed by atoms with E-state index in [9.17, 15) is 46.6 Å². The third-order valence-electron chi connectivity index (χ3n) is 16.0. The quantitative estimate of drug-likeness (QED) is 0.0469. The number of halogens is 5. The first kappa shape index (κ1) is 64.2. The molecular formula is C61H74F5N9O9S. The van der Waals surface area contributed by atoms with Crippen molar-refractivity contribution in [1.82, 2.24) is 29.7 Å². The van der Waals surface area contributed by atoms with Crippen LogP contribution in [0.15, 0.2) is 72.5 Å². The maximum Gasteiger partial charge on any atom is 0.417 e. The Bertz CT molecular complexity index is 3140. The lowest BCUT2D eigenvalue weighted by molar-refractivity contribution is -0.146. The molecule has 0 spiro atoms. The van der Waals surface area contributed by atoms with Gasteiger partial charge in [-0.15, -0.1) is 11.3 Å². The number of carbonyl (C=O) groups is 5. The van der Waals surface area contributed by atoms with Crippen LogP contribution >= 0.6 is 11.3 Å². The number of hydrogen-bond acceptors (Lipinski definition) is 16. The van der Waals surface area contributed by atoms with Crippen molar-refractivity contribution in [3.05, 3.63) is 107 Å². The number of thiazole rings is 1. The van der Waals surface area contributed by atoms with Crippen LogP contribution in [0, 0.1) is 29.9 Å². The molecule has 5 heterocycles. The minimum atomic E-state index is -5.03. The second-order valence-electron chi connectivity index (χ2n) is 23.1. The monoisotopic (exact) mass is 1200 g/mol. The Kier molecular flexibility index (Phi) is 21.2. The normalized spacial score (nSPS) is 19.1. The molecule has 24 heteroatoms. The smallest absolute Gasteiger partial charge is 0.391 e. The summed E-state index contributed by atoms with van der Waals surface area (Å²) in [6.45, 7) is 13.9. The lowest BCUT2D eigenvalue weighted by atomic mass is 9.76. The second kappa shape index (κ2) is 28.1. The Hall–Kier alpha value is -6.83. The summed E-state index contributed by atoms with van der Waals surface area (Å²) < 4.78 is 88.8. The molecule has 5 aromatic rings. The number of nitrogens with one attached hydrogen (secondary N) is 1. The number of hydrogen-bond donors (Lipinski definition) is 2. The first-order valence-corrected chi connectivity index (χ1v) is 29.3. The number of alkyl halides is 3. The minimum Gasteiger partial charge on any atom is -0.391 e. The van der Waals surface area contributed by atoms with E-state index in [0.717, 1.165) is 33.8 Å². The number of likely N-dealkylation sites (tertiary alicyclic amines) is 1. The van der Waals surface area contributed by atoms with Crippen molar-refractivity contribution in [3.63, 3.8) is 0 Å². The summed E-state index contributed by atoms with van der Waals surface area (Å²) in [5.41, 5.74) is 2.43. The van der Waals surface area contributed by atoms with Gasteiger partial charge >= 0.3 is 6.18 Å². The number of ether oxygens (including phenoxy) is 3. The van der Waals surface area contributed by atoms with Crippen LogP contribution in [0.5, 0.6) is 0 Å². The molecule has 3 aromatic carbocycles. The van der Waals surface area contributed by atoms with E-state index in [2.05, 4.69) is 25.2 Å². The molecule has 5 atom stereocenters. The Labute approximate surface area is 495 Å². The van der Waals surface area contributed by atoms with Gasteiger partial charge in [0.05, 0.1) is 77.2 Å². The van der Waals surface area contributed by atoms with Crippen molar-refractivity contribution in [2.45, 2.75) is 97.6 Å². The third-order valence-corrected chi connectivity index (χ3v) is 17.0. The third kappa shape index (κ3) is 16.4. The van der Waals surface area contributed by atoms with Gasteiger partial charge in [-0.3, -0.25) is 28.9 Å². The van der Waals surface area contributed by atoms with Crippen LogP contribution in [0.25, 0.3) is 21.6 Å². The fourth-order valence-electron chi connectivity index (χ4n) is 10.9. The molecule has 3 saturated heterocycles. The largest absolute Gasteiger partial charge is 0.417 e. The molecule has 8 rings (SSSR count). The number of aromatic nitrogens is 3. The molecule has 0 unspecified atom stereocenters. The van der Waals surface area contributed by atoms with Crippen molar-refractivity contribution < 1.29 is 65.2 Å². The molecule has 3 aliphatic heterocycles. The highest BCUT2D eigenvalue weighted by molar-refractivity contribution is 7.13. The van der Waals surface area contributed by atoms with Gasteiger partial charge < -0.3 is 44.2 Å². The second-order valence-corrected chi connectivity index (χ2v) is 24.0. The molecule has 18 nitrogen and oxygen atoms in total. The van der Waals surface area contributed by atoms with Crippen LogP contribution in [0.4, 0.5) is 39.3 Å². The number of piperazine rings is 2. The number of anilines is 3. The summed E-state index contributed by atoms with van der Waals surface area (Å²) >= 11 is 1.57. The van der Waals surface area contributed by atoms with Gasteiger partial charge in [0.2, 0.25) is 17.8 Å². The van der Waals surface area contributed by atoms with Crippen molar-refractivity contribution in [3.8, 4) is 21.6 Å². The number of amides is 3. The van der Waals surface area contributed by atoms with Gasteiger partial charge in [0.25, 0.3) is 5.91 Å². The molecule has 0 aliphatic carbocycles. The molecule has 3 fully saturated rings. The van der Waals surface area contributed by atoms with Crippen LogP contribution in [-0.2, 0) is 46.0 Å². The first-order valence-electron chi connectivity index (χ1n) is 28.5. The van der Waals surface area contributed by atoms with Crippen molar-refractivity contribution in [2.24, 2.45) is 11.3 Å². The van der Waals surface area contributed by atoms with E-state index in [0.29, 0.717) is 51.6 Å². The van der Waals surface area contributed by atoms with Crippen LogP contribution in [-0.4, -0.2) is 181 Å². The zero-order chi connectivity index (χ0) is 61.3. The molecule has 0 saturated carbocycles. The van der Waals surface area contributed by atoms with E-state index in [1.54, 1.807) is 16.2 Å². The topological polar surface area (TPSA) is 200 Å². The summed E-state index contributed by atoms with van der Waals surface area (Å²) in [4.78, 5) is 90.8. The van der Waals surface area contributed by atoms with Gasteiger partial charge in [-0.05, 0) is 81.1 Å². The summed E-state index contributed by atoms with van der Waals surface area (Å²) in [6, 6.07) is 11.6. The lowest BCUT2D eigenvalue weighted by Gasteiger charge is -2.44. The summed E-state index contributed by atoms with van der Waals surface area (Å²) in [5, 5.41) is 13.2. The minimum absolute atomic E-state index is 0.0133. The average molecular weight is 1200 g/mol. The molecule has 0 radical (unpaired) electrons. The summed E-state index contributed by atoms with van der Waals surface area (Å²) in [6.07, 6.45) is -2.35. The first-order chi connectivity index (χ1) is 40.4. The van der Waals surface area contributed by atoms with Crippen LogP contribution in [0.2, 0.25) is 0 Å². The SMILES string of the molecule is Cc1ncsc1-c1ccc(CCC(=O)[C@@H]2C[C@@H](O)CN2C(=O)[C@@H](CC(=O)COCCOCCOCC(=O)N2CCN(c3ncc(-c4cc(NC(=O)c5ccc(F)cc5C(F)(F)F)c(N5C[C@@H](C)N(C)[C@@H](C)C5)cc4F)cn3)CC2)C(C)(C)C)cc1. The Morgan fingerprint density at radius 2 is 1.45 bits per heavy atom. The van der Waals surface area contributed by atoms with Gasteiger partial charge in [0, 0.05) is 107 Å². The molecular weight excluding hydrogens is 1130 g/mol. The highest BCUT2D eigenvalue weighted by Gasteiger charge is 2.44. The number of aliphatic hydroxyl groups is 1. The molecule has 3 amide bonds. The maximum absolute atomic E-state index is 16.2. The van der Waals surface area contributed by atoms with E-state index < -0.39 is 58.3 Å². The molecule has 3 aliphatic rings. The Morgan fingerprint density at radius 1 is 0.800 bits per heavy atom. The molecule has 2 aromatic heterocycles. The summed E-state index contributed by atoms with van der Waals surface area (Å²) in [7, 11) is 1.96. The van der Waals surface area contributed by atoms with Crippen LogP contribution in [0.3, 0.4) is 0 Å². The number of rotatable bonds is 23.